The number of carbonyl (C=O) groups is 3. The fourth-order valence-corrected chi connectivity index (χ4v) is 4.85. The molecule has 2 heterocycles. The van der Waals surface area contributed by atoms with Crippen molar-refractivity contribution in [2.24, 2.45) is 0 Å². The van der Waals surface area contributed by atoms with Crippen LogP contribution in [0.3, 0.4) is 0 Å². The number of alkyl carbamates (subject to hydrolysis) is 1. The quantitative estimate of drug-likeness (QED) is 0.208. The molecule has 0 saturated carbocycles. The van der Waals surface area contributed by atoms with Crippen molar-refractivity contribution in [3.8, 4) is 0 Å². The molecule has 0 saturated heterocycles. The van der Waals surface area contributed by atoms with Crippen LogP contribution in [0.5, 0.6) is 0 Å². The SMILES string of the molecule is Cc1cnc2cc(C(=O)CC[C@@H](NC(=O)OCc3ccccc3)C(=O)OCc3ccccc3)sc2c1C. The molecule has 190 valence electrons. The highest BCUT2D eigenvalue weighted by Crippen LogP contribution is 2.29. The molecule has 0 aliphatic rings. The number of Topliss-reactive ketones (excluding diaryl/α,β-unsaturated/α-hetero) is 1. The summed E-state index contributed by atoms with van der Waals surface area (Å²) in [7, 11) is 0. The van der Waals surface area contributed by atoms with Crippen LogP contribution in [0.2, 0.25) is 0 Å². The third-order valence-corrected chi connectivity index (χ3v) is 7.27. The van der Waals surface area contributed by atoms with E-state index in [9.17, 15) is 14.4 Å². The first-order chi connectivity index (χ1) is 17.9. The molecule has 7 nitrogen and oxygen atoms in total. The largest absolute Gasteiger partial charge is 0.459 e. The van der Waals surface area contributed by atoms with Crippen molar-refractivity contribution in [1.82, 2.24) is 10.3 Å². The van der Waals surface area contributed by atoms with Gasteiger partial charge in [-0.05, 0) is 48.6 Å². The molecule has 1 N–H and O–H groups in total. The normalized spacial score (nSPS) is 11.6. The summed E-state index contributed by atoms with van der Waals surface area (Å²) in [6, 6.07) is 19.2. The summed E-state index contributed by atoms with van der Waals surface area (Å²) in [6.45, 7) is 4.11. The Morgan fingerprint density at radius 1 is 0.919 bits per heavy atom. The minimum absolute atomic E-state index is 0.0505. The lowest BCUT2D eigenvalue weighted by atomic mass is 10.1. The molecule has 0 fully saturated rings. The van der Waals surface area contributed by atoms with Gasteiger partial charge in [-0.2, -0.15) is 0 Å². The number of amides is 1. The van der Waals surface area contributed by atoms with E-state index < -0.39 is 18.1 Å². The maximum absolute atomic E-state index is 13.0. The van der Waals surface area contributed by atoms with Crippen LogP contribution in [0, 0.1) is 13.8 Å². The van der Waals surface area contributed by atoms with Gasteiger partial charge in [0, 0.05) is 12.6 Å². The molecule has 8 heteroatoms. The van der Waals surface area contributed by atoms with Crippen molar-refractivity contribution in [1.29, 1.82) is 0 Å². The number of fused-ring (bicyclic) bond motifs is 1. The van der Waals surface area contributed by atoms with Gasteiger partial charge >= 0.3 is 12.1 Å². The number of nitrogens with zero attached hydrogens (tertiary/aromatic N) is 1. The minimum atomic E-state index is -1.03. The fourth-order valence-electron chi connectivity index (χ4n) is 3.71. The van der Waals surface area contributed by atoms with E-state index in [1.165, 1.54) is 11.3 Å². The molecule has 37 heavy (non-hydrogen) atoms. The van der Waals surface area contributed by atoms with Gasteiger partial charge in [0.1, 0.15) is 19.3 Å². The van der Waals surface area contributed by atoms with E-state index in [4.69, 9.17) is 9.47 Å². The van der Waals surface area contributed by atoms with Crippen LogP contribution in [0.1, 0.15) is 44.8 Å². The number of aromatic nitrogens is 1. The maximum Gasteiger partial charge on any atom is 0.408 e. The summed E-state index contributed by atoms with van der Waals surface area (Å²) >= 11 is 1.39. The van der Waals surface area contributed by atoms with Gasteiger partial charge < -0.3 is 14.8 Å². The Kier molecular flexibility index (Phi) is 8.64. The Bertz CT molecular complexity index is 1390. The lowest BCUT2D eigenvalue weighted by molar-refractivity contribution is -0.147. The van der Waals surface area contributed by atoms with Gasteiger partial charge in [-0.1, -0.05) is 60.7 Å². The van der Waals surface area contributed by atoms with Crippen LogP contribution < -0.4 is 5.32 Å². The number of ketones is 1. The van der Waals surface area contributed by atoms with E-state index in [0.717, 1.165) is 32.5 Å². The number of carbonyl (C=O) groups excluding carboxylic acids is 3. The first kappa shape index (κ1) is 26.0. The molecule has 2 aromatic carbocycles. The summed E-state index contributed by atoms with van der Waals surface area (Å²) in [5.74, 6) is -0.752. The molecule has 4 aromatic rings. The minimum Gasteiger partial charge on any atom is -0.459 e. The molecule has 4 rings (SSSR count). The van der Waals surface area contributed by atoms with Crippen LogP contribution in [0.4, 0.5) is 4.79 Å². The molecule has 0 bridgehead atoms. The number of ether oxygens (including phenoxy) is 2. The van der Waals surface area contributed by atoms with Gasteiger partial charge in [0.25, 0.3) is 0 Å². The first-order valence-corrected chi connectivity index (χ1v) is 12.8. The van der Waals surface area contributed by atoms with E-state index in [1.807, 2.05) is 74.5 Å². The molecule has 0 radical (unpaired) electrons. The Morgan fingerprint density at radius 2 is 1.54 bits per heavy atom. The molecular weight excluding hydrogens is 488 g/mol. The fraction of sp³-hybridized carbons (Fsp3) is 0.241. The molecule has 1 amide bonds. The molecule has 1 atom stereocenters. The summed E-state index contributed by atoms with van der Waals surface area (Å²) in [5.41, 5.74) is 4.57. The highest BCUT2D eigenvalue weighted by atomic mass is 32.1. The second kappa shape index (κ2) is 12.3. The Balaban J connectivity index is 1.41. The number of hydrogen-bond acceptors (Lipinski definition) is 7. The predicted molar refractivity (Wildman–Crippen MR) is 142 cm³/mol. The van der Waals surface area contributed by atoms with Crippen LogP contribution in [0.15, 0.2) is 72.9 Å². The smallest absolute Gasteiger partial charge is 0.408 e. The monoisotopic (exact) mass is 516 g/mol. The van der Waals surface area contributed by atoms with E-state index in [-0.39, 0.29) is 31.8 Å². The van der Waals surface area contributed by atoms with E-state index in [0.29, 0.717) is 4.88 Å². The Labute approximate surface area is 219 Å². The molecule has 2 aromatic heterocycles. The third kappa shape index (κ3) is 7.01. The average molecular weight is 517 g/mol. The lowest BCUT2D eigenvalue weighted by Crippen LogP contribution is -2.42. The van der Waals surface area contributed by atoms with Crippen molar-refractivity contribution in [3.63, 3.8) is 0 Å². The summed E-state index contributed by atoms with van der Waals surface area (Å²) < 4.78 is 11.7. The number of pyridine rings is 1. The number of esters is 1. The summed E-state index contributed by atoms with van der Waals surface area (Å²) in [5, 5.41) is 2.58. The Hall–Kier alpha value is -4.04. The zero-order valence-corrected chi connectivity index (χ0v) is 21.5. The molecule has 0 spiro atoms. The zero-order valence-electron chi connectivity index (χ0n) is 20.7. The van der Waals surface area contributed by atoms with Crippen LogP contribution in [-0.2, 0) is 27.5 Å². The van der Waals surface area contributed by atoms with E-state index >= 15 is 0 Å². The molecule has 0 unspecified atom stereocenters. The second-order valence-corrected chi connectivity index (χ2v) is 9.76. The maximum atomic E-state index is 13.0. The lowest BCUT2D eigenvalue weighted by Gasteiger charge is -2.17. The van der Waals surface area contributed by atoms with Gasteiger partial charge in [-0.3, -0.25) is 9.78 Å². The average Bonchev–Trinajstić information content (AvgIpc) is 3.37. The molecular formula is C29H28N2O5S. The van der Waals surface area contributed by atoms with Crippen LogP contribution in [-0.4, -0.2) is 28.9 Å². The van der Waals surface area contributed by atoms with E-state index in [1.54, 1.807) is 12.3 Å². The second-order valence-electron chi connectivity index (χ2n) is 8.71. The predicted octanol–water partition coefficient (Wildman–Crippen LogP) is 5.91. The van der Waals surface area contributed by atoms with Gasteiger partial charge in [0.2, 0.25) is 0 Å². The van der Waals surface area contributed by atoms with Crippen molar-refractivity contribution < 1.29 is 23.9 Å². The van der Waals surface area contributed by atoms with Gasteiger partial charge in [-0.25, -0.2) is 9.59 Å². The highest BCUT2D eigenvalue weighted by Gasteiger charge is 2.25. The summed E-state index contributed by atoms with van der Waals surface area (Å²) in [4.78, 5) is 43.3. The topological polar surface area (TPSA) is 94.6 Å². The first-order valence-electron chi connectivity index (χ1n) is 12.0. The third-order valence-electron chi connectivity index (χ3n) is 5.99. The zero-order chi connectivity index (χ0) is 26.2. The standard InChI is InChI=1S/C29H28N2O5S/c1-19-16-30-24-15-26(37-27(24)20(19)2)25(32)14-13-23(28(33)35-17-21-9-5-3-6-10-21)31-29(34)36-18-22-11-7-4-8-12-22/h3-12,15-16,23H,13-14,17-18H2,1-2H3,(H,31,34)/t23-/m1/s1. The van der Waals surface area contributed by atoms with Gasteiger partial charge in [0.05, 0.1) is 15.1 Å². The van der Waals surface area contributed by atoms with Crippen molar-refractivity contribution >= 4 is 39.4 Å². The van der Waals surface area contributed by atoms with E-state index in [2.05, 4.69) is 10.3 Å². The highest BCUT2D eigenvalue weighted by molar-refractivity contribution is 7.21. The van der Waals surface area contributed by atoms with Crippen molar-refractivity contribution in [2.45, 2.75) is 45.9 Å². The molecule has 0 aliphatic carbocycles. The van der Waals surface area contributed by atoms with Crippen LogP contribution in [0.25, 0.3) is 10.2 Å². The number of hydrogen-bond donors (Lipinski definition) is 1. The number of nitrogens with one attached hydrogen (secondary N) is 1. The number of benzene rings is 2. The number of thiophene rings is 1. The van der Waals surface area contributed by atoms with Crippen molar-refractivity contribution in [3.05, 3.63) is 100 Å². The van der Waals surface area contributed by atoms with Gasteiger partial charge in [0.15, 0.2) is 5.78 Å². The summed E-state index contributed by atoms with van der Waals surface area (Å²) in [6.07, 6.45) is 1.17. The number of aryl methyl sites for hydroxylation is 2. The number of rotatable bonds is 10. The van der Waals surface area contributed by atoms with Crippen LogP contribution >= 0.6 is 11.3 Å². The van der Waals surface area contributed by atoms with Gasteiger partial charge in [-0.15, -0.1) is 11.3 Å². The molecule has 0 aliphatic heterocycles. The Morgan fingerprint density at radius 3 is 2.19 bits per heavy atom. The van der Waals surface area contributed by atoms with Crippen molar-refractivity contribution in [2.75, 3.05) is 0 Å².